The first-order valence-electron chi connectivity index (χ1n) is 8.91. The van der Waals surface area contributed by atoms with Gasteiger partial charge in [0.05, 0.1) is 38.8 Å². The molecular weight excluding hydrogens is 344 g/mol. The van der Waals surface area contributed by atoms with E-state index in [9.17, 15) is 14.4 Å². The van der Waals surface area contributed by atoms with Crippen LogP contribution in [0.1, 0.15) is 44.9 Å². The number of carboxylic acids is 1. The molecule has 0 aromatic heterocycles. The van der Waals surface area contributed by atoms with Gasteiger partial charge in [0.25, 0.3) is 0 Å². The highest BCUT2D eigenvalue weighted by Gasteiger charge is 2.20. The van der Waals surface area contributed by atoms with Gasteiger partial charge in [0.1, 0.15) is 12.7 Å². The van der Waals surface area contributed by atoms with Gasteiger partial charge in [-0.05, 0) is 12.8 Å². The highest BCUT2D eigenvalue weighted by atomic mass is 16.6. The second-order valence-corrected chi connectivity index (χ2v) is 6.05. The summed E-state index contributed by atoms with van der Waals surface area (Å²) in [5.74, 6) is -2.20. The minimum absolute atomic E-state index is 0.0635. The minimum Gasteiger partial charge on any atom is -0.481 e. The van der Waals surface area contributed by atoms with E-state index in [2.05, 4.69) is 6.58 Å². The van der Waals surface area contributed by atoms with Crippen molar-refractivity contribution in [3.63, 3.8) is 0 Å². The number of ether oxygens (including phenoxy) is 4. The maximum absolute atomic E-state index is 11.7. The van der Waals surface area contributed by atoms with Gasteiger partial charge in [0, 0.05) is 6.08 Å². The van der Waals surface area contributed by atoms with Crippen molar-refractivity contribution in [2.24, 2.45) is 0 Å². The van der Waals surface area contributed by atoms with Gasteiger partial charge in [-0.25, -0.2) is 4.79 Å². The zero-order valence-corrected chi connectivity index (χ0v) is 15.0. The van der Waals surface area contributed by atoms with Crippen molar-refractivity contribution in [2.75, 3.05) is 26.4 Å². The number of carbonyl (C=O) groups excluding carboxylic acids is 2. The monoisotopic (exact) mass is 372 g/mol. The molecule has 1 unspecified atom stereocenters. The molecule has 0 bridgehead atoms. The zero-order chi connectivity index (χ0) is 19.2. The van der Waals surface area contributed by atoms with Crippen LogP contribution in [-0.4, -0.2) is 61.6 Å². The Morgan fingerprint density at radius 1 is 1.08 bits per heavy atom. The van der Waals surface area contributed by atoms with Crippen molar-refractivity contribution in [2.45, 2.75) is 57.2 Å². The molecule has 1 atom stereocenters. The summed E-state index contributed by atoms with van der Waals surface area (Å²) < 4.78 is 21.2. The molecule has 26 heavy (non-hydrogen) atoms. The lowest BCUT2D eigenvalue weighted by Crippen LogP contribution is -2.32. The van der Waals surface area contributed by atoms with Crippen LogP contribution in [-0.2, 0) is 33.3 Å². The Labute approximate surface area is 153 Å². The molecule has 0 heterocycles. The van der Waals surface area contributed by atoms with Gasteiger partial charge in [0.2, 0.25) is 0 Å². The SMILES string of the molecule is C=CC(=O)OCCOCC(COC1CCCCC1)OC(=O)CCC(=O)O. The van der Waals surface area contributed by atoms with Crippen LogP contribution in [0.4, 0.5) is 0 Å². The third-order valence-electron chi connectivity index (χ3n) is 3.85. The number of carboxylic acid groups (broad SMARTS) is 1. The van der Waals surface area contributed by atoms with E-state index in [1.165, 1.54) is 6.42 Å². The van der Waals surface area contributed by atoms with E-state index in [1.54, 1.807) is 0 Å². The summed E-state index contributed by atoms with van der Waals surface area (Å²) in [6.07, 6.45) is 5.52. The van der Waals surface area contributed by atoms with Crippen LogP contribution >= 0.6 is 0 Å². The normalized spacial score (nSPS) is 15.8. The van der Waals surface area contributed by atoms with Crippen LogP contribution in [0.5, 0.6) is 0 Å². The fourth-order valence-corrected chi connectivity index (χ4v) is 2.52. The van der Waals surface area contributed by atoms with Crippen molar-refractivity contribution in [3.05, 3.63) is 12.7 Å². The molecular formula is C18H28O8. The van der Waals surface area contributed by atoms with Gasteiger partial charge in [-0.1, -0.05) is 25.8 Å². The van der Waals surface area contributed by atoms with Crippen LogP contribution in [0.25, 0.3) is 0 Å². The Balaban J connectivity index is 2.35. The summed E-state index contributed by atoms with van der Waals surface area (Å²) in [5, 5.41) is 8.63. The Kier molecular flexibility index (Phi) is 11.3. The van der Waals surface area contributed by atoms with Gasteiger partial charge in [0.15, 0.2) is 0 Å². The van der Waals surface area contributed by atoms with Crippen LogP contribution < -0.4 is 0 Å². The molecule has 0 radical (unpaired) electrons. The number of hydrogen-bond donors (Lipinski definition) is 1. The van der Waals surface area contributed by atoms with E-state index in [1.807, 2.05) is 0 Å². The lowest BCUT2D eigenvalue weighted by Gasteiger charge is -2.25. The first-order chi connectivity index (χ1) is 12.5. The molecule has 0 aliphatic heterocycles. The Morgan fingerprint density at radius 3 is 2.46 bits per heavy atom. The van der Waals surface area contributed by atoms with Crippen LogP contribution in [0.15, 0.2) is 12.7 Å². The molecule has 1 aliphatic rings. The molecule has 0 aromatic carbocycles. The van der Waals surface area contributed by atoms with Crippen molar-refractivity contribution >= 4 is 17.9 Å². The second-order valence-electron chi connectivity index (χ2n) is 6.05. The van der Waals surface area contributed by atoms with Gasteiger partial charge >= 0.3 is 17.9 Å². The van der Waals surface area contributed by atoms with E-state index in [0.29, 0.717) is 0 Å². The topological polar surface area (TPSA) is 108 Å². The Morgan fingerprint density at radius 2 is 1.81 bits per heavy atom. The highest BCUT2D eigenvalue weighted by molar-refractivity contribution is 5.81. The molecule has 148 valence electrons. The van der Waals surface area contributed by atoms with Gasteiger partial charge in [-0.15, -0.1) is 0 Å². The molecule has 1 aliphatic carbocycles. The van der Waals surface area contributed by atoms with Crippen molar-refractivity contribution in [1.29, 1.82) is 0 Å². The van der Waals surface area contributed by atoms with E-state index in [0.717, 1.165) is 31.8 Å². The lowest BCUT2D eigenvalue weighted by molar-refractivity contribution is -0.160. The fourth-order valence-electron chi connectivity index (χ4n) is 2.52. The number of rotatable bonds is 13. The predicted molar refractivity (Wildman–Crippen MR) is 91.5 cm³/mol. The summed E-state index contributed by atoms with van der Waals surface area (Å²) >= 11 is 0. The number of esters is 2. The number of aliphatic carboxylic acids is 1. The van der Waals surface area contributed by atoms with E-state index in [-0.39, 0.29) is 45.4 Å². The first-order valence-corrected chi connectivity index (χ1v) is 8.91. The van der Waals surface area contributed by atoms with Crippen molar-refractivity contribution in [3.8, 4) is 0 Å². The van der Waals surface area contributed by atoms with Gasteiger partial charge < -0.3 is 24.1 Å². The predicted octanol–water partition coefficient (Wildman–Crippen LogP) is 1.86. The molecule has 8 heteroatoms. The van der Waals surface area contributed by atoms with E-state index < -0.39 is 24.0 Å². The molecule has 0 amide bonds. The Hall–Kier alpha value is -1.93. The van der Waals surface area contributed by atoms with Crippen LogP contribution in [0.2, 0.25) is 0 Å². The molecule has 8 nitrogen and oxygen atoms in total. The quantitative estimate of drug-likeness (QED) is 0.296. The molecule has 0 spiro atoms. The first kappa shape index (κ1) is 22.1. The third kappa shape index (κ3) is 10.8. The highest BCUT2D eigenvalue weighted by Crippen LogP contribution is 2.20. The lowest BCUT2D eigenvalue weighted by atomic mass is 9.98. The second kappa shape index (κ2) is 13.3. The van der Waals surface area contributed by atoms with Crippen LogP contribution in [0, 0.1) is 0 Å². The average molecular weight is 372 g/mol. The standard InChI is InChI=1S/C18H28O8/c1-2-17(21)24-11-10-23-12-15(26-18(22)9-8-16(19)20)13-25-14-6-4-3-5-7-14/h2,14-15H,1,3-13H2,(H,19,20). The van der Waals surface area contributed by atoms with Crippen molar-refractivity contribution < 1.29 is 38.4 Å². The van der Waals surface area contributed by atoms with Crippen LogP contribution in [0.3, 0.4) is 0 Å². The van der Waals surface area contributed by atoms with Gasteiger partial charge in [-0.2, -0.15) is 0 Å². The number of hydrogen-bond acceptors (Lipinski definition) is 7. The molecule has 0 aromatic rings. The summed E-state index contributed by atoms with van der Waals surface area (Å²) in [5.41, 5.74) is 0. The maximum Gasteiger partial charge on any atom is 0.330 e. The fraction of sp³-hybridized carbons (Fsp3) is 0.722. The minimum atomic E-state index is -1.06. The van der Waals surface area contributed by atoms with Crippen molar-refractivity contribution in [1.82, 2.24) is 0 Å². The van der Waals surface area contributed by atoms with E-state index in [4.69, 9.17) is 24.1 Å². The molecule has 1 N–H and O–H groups in total. The maximum atomic E-state index is 11.7. The zero-order valence-electron chi connectivity index (χ0n) is 15.0. The van der Waals surface area contributed by atoms with Gasteiger partial charge in [-0.3, -0.25) is 9.59 Å². The molecule has 1 rings (SSSR count). The summed E-state index contributed by atoms with van der Waals surface area (Å²) in [4.78, 5) is 33.2. The average Bonchev–Trinajstić information content (AvgIpc) is 2.64. The molecule has 1 fully saturated rings. The third-order valence-corrected chi connectivity index (χ3v) is 3.85. The molecule has 0 saturated heterocycles. The Bertz CT molecular complexity index is 456. The van der Waals surface area contributed by atoms with E-state index >= 15 is 0 Å². The summed E-state index contributed by atoms with van der Waals surface area (Å²) in [6, 6.07) is 0. The molecule has 1 saturated carbocycles. The largest absolute Gasteiger partial charge is 0.481 e. The summed E-state index contributed by atoms with van der Waals surface area (Å²) in [7, 11) is 0. The summed E-state index contributed by atoms with van der Waals surface area (Å²) in [6.45, 7) is 3.77. The number of carbonyl (C=O) groups is 3. The smallest absolute Gasteiger partial charge is 0.330 e.